The van der Waals surface area contributed by atoms with E-state index in [1.165, 1.54) is 13.0 Å². The number of hydrogen-bond acceptors (Lipinski definition) is 3. The van der Waals surface area contributed by atoms with Gasteiger partial charge in [-0.25, -0.2) is 0 Å². The Labute approximate surface area is 145 Å². The summed E-state index contributed by atoms with van der Waals surface area (Å²) in [7, 11) is 0. The molecular formula is C20H17N3O2. The predicted octanol–water partition coefficient (Wildman–Crippen LogP) is 3.85. The Morgan fingerprint density at radius 3 is 2.48 bits per heavy atom. The van der Waals surface area contributed by atoms with Crippen LogP contribution in [0.3, 0.4) is 0 Å². The van der Waals surface area contributed by atoms with Crippen LogP contribution in [0.2, 0.25) is 0 Å². The monoisotopic (exact) mass is 331 g/mol. The van der Waals surface area contributed by atoms with Crippen LogP contribution in [-0.2, 0) is 9.59 Å². The standard InChI is InChI=1S/C20H17N3O2/c1-14(24)22-17-8-3-9-18(13-17)23-19(25)11-10-16-6-2-5-15-7-4-12-21-20(15)16/h2-13H,1H3,(H,22,24)(H,23,25)/b11-10+. The second-order valence-corrected chi connectivity index (χ2v) is 5.51. The van der Waals surface area contributed by atoms with Crippen molar-refractivity contribution in [3.05, 3.63) is 72.4 Å². The van der Waals surface area contributed by atoms with E-state index in [1.54, 1.807) is 36.5 Å². The minimum Gasteiger partial charge on any atom is -0.326 e. The highest BCUT2D eigenvalue weighted by Crippen LogP contribution is 2.18. The molecule has 0 aliphatic rings. The Morgan fingerprint density at radius 1 is 0.960 bits per heavy atom. The summed E-state index contributed by atoms with van der Waals surface area (Å²) in [6.45, 7) is 1.44. The highest BCUT2D eigenvalue weighted by molar-refractivity contribution is 6.03. The van der Waals surface area contributed by atoms with E-state index in [2.05, 4.69) is 15.6 Å². The van der Waals surface area contributed by atoms with Gasteiger partial charge in [-0.2, -0.15) is 0 Å². The number of amides is 2. The van der Waals surface area contributed by atoms with Crippen LogP contribution in [0.5, 0.6) is 0 Å². The molecule has 0 aliphatic carbocycles. The smallest absolute Gasteiger partial charge is 0.248 e. The van der Waals surface area contributed by atoms with Crippen LogP contribution in [0.15, 0.2) is 66.9 Å². The van der Waals surface area contributed by atoms with E-state index in [9.17, 15) is 9.59 Å². The second kappa shape index (κ2) is 7.40. The second-order valence-electron chi connectivity index (χ2n) is 5.51. The number of rotatable bonds is 4. The van der Waals surface area contributed by atoms with E-state index in [4.69, 9.17) is 0 Å². The number of fused-ring (bicyclic) bond motifs is 1. The number of aromatic nitrogens is 1. The van der Waals surface area contributed by atoms with Gasteiger partial charge in [-0.05, 0) is 30.3 Å². The van der Waals surface area contributed by atoms with Crippen molar-refractivity contribution in [3.63, 3.8) is 0 Å². The molecule has 1 aromatic heterocycles. The van der Waals surface area contributed by atoms with Crippen LogP contribution in [0.4, 0.5) is 11.4 Å². The van der Waals surface area contributed by atoms with Gasteiger partial charge in [0.15, 0.2) is 0 Å². The van der Waals surface area contributed by atoms with Crippen LogP contribution < -0.4 is 10.6 Å². The molecule has 0 spiro atoms. The van der Waals surface area contributed by atoms with E-state index in [-0.39, 0.29) is 11.8 Å². The first-order valence-corrected chi connectivity index (χ1v) is 7.82. The minimum atomic E-state index is -0.257. The summed E-state index contributed by atoms with van der Waals surface area (Å²) in [5, 5.41) is 6.48. The molecule has 0 aliphatic heterocycles. The van der Waals surface area contributed by atoms with E-state index in [0.29, 0.717) is 11.4 Å². The summed E-state index contributed by atoms with van der Waals surface area (Å²) in [5.74, 6) is -0.417. The molecule has 5 heteroatoms. The third-order valence-electron chi connectivity index (χ3n) is 3.53. The lowest BCUT2D eigenvalue weighted by molar-refractivity contribution is -0.114. The van der Waals surface area contributed by atoms with Crippen molar-refractivity contribution in [1.29, 1.82) is 0 Å². The number of benzene rings is 2. The number of pyridine rings is 1. The average Bonchev–Trinajstić information content (AvgIpc) is 2.59. The lowest BCUT2D eigenvalue weighted by atomic mass is 10.1. The Hall–Kier alpha value is -3.47. The van der Waals surface area contributed by atoms with Gasteiger partial charge in [0, 0.05) is 41.5 Å². The molecule has 2 amide bonds. The molecule has 0 bridgehead atoms. The largest absolute Gasteiger partial charge is 0.326 e. The van der Waals surface area contributed by atoms with Crippen molar-refractivity contribution in [2.75, 3.05) is 10.6 Å². The number of nitrogens with one attached hydrogen (secondary N) is 2. The molecule has 0 fully saturated rings. The highest BCUT2D eigenvalue weighted by Gasteiger charge is 2.02. The minimum absolute atomic E-state index is 0.160. The predicted molar refractivity (Wildman–Crippen MR) is 100 cm³/mol. The first-order chi connectivity index (χ1) is 12.1. The third kappa shape index (κ3) is 4.29. The fourth-order valence-electron chi connectivity index (χ4n) is 2.49. The first-order valence-electron chi connectivity index (χ1n) is 7.82. The topological polar surface area (TPSA) is 71.1 Å². The third-order valence-corrected chi connectivity index (χ3v) is 3.53. The van der Waals surface area contributed by atoms with Crippen molar-refractivity contribution in [2.24, 2.45) is 0 Å². The molecule has 3 rings (SSSR count). The zero-order valence-corrected chi connectivity index (χ0v) is 13.7. The lowest BCUT2D eigenvalue weighted by Gasteiger charge is -2.06. The summed E-state index contributed by atoms with van der Waals surface area (Å²) >= 11 is 0. The molecule has 124 valence electrons. The van der Waals surface area contributed by atoms with Gasteiger partial charge in [0.2, 0.25) is 11.8 Å². The van der Waals surface area contributed by atoms with Crippen molar-refractivity contribution in [3.8, 4) is 0 Å². The Bertz CT molecular complexity index is 959. The molecule has 0 unspecified atom stereocenters. The number of anilines is 2. The van der Waals surface area contributed by atoms with E-state index in [0.717, 1.165) is 16.5 Å². The van der Waals surface area contributed by atoms with Gasteiger partial charge in [0.25, 0.3) is 0 Å². The molecule has 5 nitrogen and oxygen atoms in total. The van der Waals surface area contributed by atoms with E-state index in [1.807, 2.05) is 30.3 Å². The number of carbonyl (C=O) groups is 2. The Morgan fingerprint density at radius 2 is 1.68 bits per heavy atom. The summed E-state index contributed by atoms with van der Waals surface area (Å²) in [6, 6.07) is 16.7. The van der Waals surface area contributed by atoms with Crippen molar-refractivity contribution >= 4 is 40.2 Å². The van der Waals surface area contributed by atoms with Crippen molar-refractivity contribution in [1.82, 2.24) is 4.98 Å². The van der Waals surface area contributed by atoms with Crippen molar-refractivity contribution < 1.29 is 9.59 Å². The van der Waals surface area contributed by atoms with Gasteiger partial charge < -0.3 is 10.6 Å². The number of hydrogen-bond donors (Lipinski definition) is 2. The van der Waals surface area contributed by atoms with Crippen LogP contribution >= 0.6 is 0 Å². The van der Waals surface area contributed by atoms with Gasteiger partial charge in [0.1, 0.15) is 0 Å². The van der Waals surface area contributed by atoms with E-state index >= 15 is 0 Å². The highest BCUT2D eigenvalue weighted by atomic mass is 16.2. The number of para-hydroxylation sites is 1. The SMILES string of the molecule is CC(=O)Nc1cccc(NC(=O)/C=C/c2cccc3cccnc23)c1. The van der Waals surface area contributed by atoms with Crippen LogP contribution in [0, 0.1) is 0 Å². The van der Waals surface area contributed by atoms with Gasteiger partial charge in [-0.3, -0.25) is 14.6 Å². The summed E-state index contributed by atoms with van der Waals surface area (Å²) in [4.78, 5) is 27.6. The molecular weight excluding hydrogens is 314 g/mol. The fourth-order valence-corrected chi connectivity index (χ4v) is 2.49. The summed E-state index contributed by atoms with van der Waals surface area (Å²) < 4.78 is 0. The zero-order valence-electron chi connectivity index (χ0n) is 13.7. The summed E-state index contributed by atoms with van der Waals surface area (Å²) in [6.07, 6.45) is 4.93. The molecule has 2 N–H and O–H groups in total. The van der Waals surface area contributed by atoms with Crippen LogP contribution in [-0.4, -0.2) is 16.8 Å². The molecule has 3 aromatic rings. The van der Waals surface area contributed by atoms with Gasteiger partial charge in [-0.15, -0.1) is 0 Å². The van der Waals surface area contributed by atoms with Gasteiger partial charge in [-0.1, -0.05) is 30.3 Å². The maximum absolute atomic E-state index is 12.1. The molecule has 0 saturated carbocycles. The van der Waals surface area contributed by atoms with E-state index < -0.39 is 0 Å². The van der Waals surface area contributed by atoms with Crippen LogP contribution in [0.1, 0.15) is 12.5 Å². The Balaban J connectivity index is 1.74. The molecule has 25 heavy (non-hydrogen) atoms. The van der Waals surface area contributed by atoms with Gasteiger partial charge in [0.05, 0.1) is 5.52 Å². The van der Waals surface area contributed by atoms with Crippen LogP contribution in [0.25, 0.3) is 17.0 Å². The molecule has 1 heterocycles. The molecule has 0 saturated heterocycles. The fraction of sp³-hybridized carbons (Fsp3) is 0.0500. The quantitative estimate of drug-likeness (QED) is 0.714. The molecule has 0 radical (unpaired) electrons. The average molecular weight is 331 g/mol. The molecule has 2 aromatic carbocycles. The normalized spacial score (nSPS) is 10.8. The van der Waals surface area contributed by atoms with Crippen molar-refractivity contribution in [2.45, 2.75) is 6.92 Å². The number of nitrogens with zero attached hydrogens (tertiary/aromatic N) is 1. The first kappa shape index (κ1) is 16.4. The maximum Gasteiger partial charge on any atom is 0.248 e. The number of carbonyl (C=O) groups excluding carboxylic acids is 2. The Kier molecular flexibility index (Phi) is 4.85. The molecule has 0 atom stereocenters. The zero-order chi connectivity index (χ0) is 17.6. The maximum atomic E-state index is 12.1. The lowest BCUT2D eigenvalue weighted by Crippen LogP contribution is -2.09. The summed E-state index contributed by atoms with van der Waals surface area (Å²) in [5.41, 5.74) is 2.96. The van der Waals surface area contributed by atoms with Gasteiger partial charge >= 0.3 is 0 Å².